The fourth-order valence-electron chi connectivity index (χ4n) is 6.60. The van der Waals surface area contributed by atoms with Crippen molar-refractivity contribution in [2.24, 2.45) is 23.2 Å². The minimum Gasteiger partial charge on any atom is -0.508 e. The van der Waals surface area contributed by atoms with E-state index >= 15 is 0 Å². The van der Waals surface area contributed by atoms with E-state index in [0.717, 1.165) is 35.8 Å². The number of aryl methyl sites for hydroxylation is 1. The van der Waals surface area contributed by atoms with E-state index in [1.165, 1.54) is 56.9 Å². The number of benzene rings is 1. The smallest absolute Gasteiger partial charge is 0.120 e. The number of hydrogen-bond donors (Lipinski definition) is 2. The molecule has 1 aromatic rings. The van der Waals surface area contributed by atoms with E-state index in [1.54, 1.807) is 5.56 Å². The second-order valence-electron chi connectivity index (χ2n) is 9.77. The average Bonchev–Trinajstić information content (AvgIpc) is 3.37. The van der Waals surface area contributed by atoms with Crippen LogP contribution in [0, 0.1) is 23.2 Å². The van der Waals surface area contributed by atoms with Gasteiger partial charge in [-0.1, -0.05) is 19.9 Å². The van der Waals surface area contributed by atoms with Gasteiger partial charge in [0.05, 0.1) is 0 Å². The summed E-state index contributed by atoms with van der Waals surface area (Å²) < 4.78 is 0. The summed E-state index contributed by atoms with van der Waals surface area (Å²) in [5.41, 5.74) is 4.73. The van der Waals surface area contributed by atoms with Crippen LogP contribution in [-0.4, -0.2) is 11.1 Å². The molecular formula is C23H33NO. The lowest BCUT2D eigenvalue weighted by Gasteiger charge is -2.50. The van der Waals surface area contributed by atoms with Crippen molar-refractivity contribution in [3.8, 4) is 5.75 Å². The molecule has 0 spiro atoms. The highest BCUT2D eigenvalue weighted by Gasteiger charge is 2.53. The molecule has 0 aliphatic heterocycles. The van der Waals surface area contributed by atoms with Crippen molar-refractivity contribution in [3.63, 3.8) is 0 Å². The molecule has 136 valence electrons. The molecule has 2 N–H and O–H groups in total. The van der Waals surface area contributed by atoms with Crippen molar-refractivity contribution in [2.45, 2.75) is 83.7 Å². The minimum atomic E-state index is 0.514. The van der Waals surface area contributed by atoms with Crippen LogP contribution in [0.15, 0.2) is 12.1 Å². The van der Waals surface area contributed by atoms with Crippen molar-refractivity contribution in [1.29, 1.82) is 0 Å². The van der Waals surface area contributed by atoms with Crippen molar-refractivity contribution < 1.29 is 5.11 Å². The Morgan fingerprint density at radius 3 is 2.76 bits per heavy atom. The first-order valence-corrected chi connectivity index (χ1v) is 10.6. The van der Waals surface area contributed by atoms with Crippen LogP contribution in [0.4, 0.5) is 0 Å². The predicted octanol–water partition coefficient (Wildman–Crippen LogP) is 5.14. The summed E-state index contributed by atoms with van der Waals surface area (Å²) in [5.74, 6) is 3.96. The van der Waals surface area contributed by atoms with Gasteiger partial charge in [-0.25, -0.2) is 0 Å². The molecule has 0 amide bonds. The number of fused-ring (bicyclic) bond motifs is 5. The highest BCUT2D eigenvalue weighted by Crippen LogP contribution is 2.62. The summed E-state index contributed by atoms with van der Waals surface area (Å²) in [7, 11) is 0. The zero-order valence-corrected chi connectivity index (χ0v) is 15.9. The summed E-state index contributed by atoms with van der Waals surface area (Å²) >= 11 is 0. The van der Waals surface area contributed by atoms with Gasteiger partial charge < -0.3 is 10.4 Å². The molecule has 5 rings (SSSR count). The number of nitrogens with one attached hydrogen (secondary N) is 1. The monoisotopic (exact) mass is 339 g/mol. The van der Waals surface area contributed by atoms with Gasteiger partial charge >= 0.3 is 0 Å². The number of phenols is 1. The van der Waals surface area contributed by atoms with Crippen LogP contribution in [0.3, 0.4) is 0 Å². The Morgan fingerprint density at radius 1 is 1.12 bits per heavy atom. The SMILES string of the molecule is C[C@H]1CC[C@H]2[C@@H]3CCc4cc(O)c(CNC5CC5)cc4[C@H]3CC[C@]12C. The molecule has 0 heterocycles. The number of aromatic hydroxyl groups is 1. The summed E-state index contributed by atoms with van der Waals surface area (Å²) in [6.07, 6.45) is 10.7. The lowest BCUT2D eigenvalue weighted by molar-refractivity contribution is 0.0336. The molecule has 0 radical (unpaired) electrons. The maximum absolute atomic E-state index is 10.5. The molecule has 1 aromatic carbocycles. The Hall–Kier alpha value is -1.02. The first-order valence-electron chi connectivity index (χ1n) is 10.6. The molecule has 2 nitrogen and oxygen atoms in total. The van der Waals surface area contributed by atoms with E-state index in [2.05, 4.69) is 31.3 Å². The molecule has 3 saturated carbocycles. The van der Waals surface area contributed by atoms with Crippen LogP contribution in [0.2, 0.25) is 0 Å². The van der Waals surface area contributed by atoms with Gasteiger partial charge in [-0.15, -0.1) is 0 Å². The fraction of sp³-hybridized carbons (Fsp3) is 0.739. The fourth-order valence-corrected chi connectivity index (χ4v) is 6.60. The van der Waals surface area contributed by atoms with E-state index in [1.807, 2.05) is 0 Å². The molecule has 0 aromatic heterocycles. The largest absolute Gasteiger partial charge is 0.508 e. The highest BCUT2D eigenvalue weighted by molar-refractivity contribution is 5.45. The van der Waals surface area contributed by atoms with Gasteiger partial charge in [0.2, 0.25) is 0 Å². The molecule has 2 heteroatoms. The van der Waals surface area contributed by atoms with E-state index in [0.29, 0.717) is 17.2 Å². The molecule has 0 saturated heterocycles. The van der Waals surface area contributed by atoms with Gasteiger partial charge in [-0.05, 0) is 97.6 Å². The van der Waals surface area contributed by atoms with Crippen LogP contribution in [0.5, 0.6) is 5.75 Å². The Kier molecular flexibility index (Phi) is 3.71. The quantitative estimate of drug-likeness (QED) is 0.799. The molecule has 0 unspecified atom stereocenters. The summed E-state index contributed by atoms with van der Waals surface area (Å²) in [6.45, 7) is 5.92. The highest BCUT2D eigenvalue weighted by atomic mass is 16.3. The Morgan fingerprint density at radius 2 is 1.96 bits per heavy atom. The summed E-state index contributed by atoms with van der Waals surface area (Å²) in [5, 5.41) is 14.1. The van der Waals surface area contributed by atoms with Crippen LogP contribution >= 0.6 is 0 Å². The second kappa shape index (κ2) is 5.74. The van der Waals surface area contributed by atoms with Crippen molar-refractivity contribution in [1.82, 2.24) is 5.32 Å². The molecular weight excluding hydrogens is 306 g/mol. The molecule has 5 atom stereocenters. The normalized spacial score (nSPS) is 39.6. The third-order valence-electron chi connectivity index (χ3n) is 8.56. The van der Waals surface area contributed by atoms with Crippen LogP contribution in [0.25, 0.3) is 0 Å². The van der Waals surface area contributed by atoms with E-state index < -0.39 is 0 Å². The Balaban J connectivity index is 1.45. The Labute approximate surface area is 152 Å². The topological polar surface area (TPSA) is 32.3 Å². The van der Waals surface area contributed by atoms with Crippen molar-refractivity contribution in [2.75, 3.05) is 0 Å². The van der Waals surface area contributed by atoms with Crippen LogP contribution in [-0.2, 0) is 13.0 Å². The summed E-state index contributed by atoms with van der Waals surface area (Å²) in [6, 6.07) is 5.16. The van der Waals surface area contributed by atoms with E-state index in [4.69, 9.17) is 0 Å². The van der Waals surface area contributed by atoms with Crippen LogP contribution in [0.1, 0.15) is 81.4 Å². The molecule has 4 aliphatic rings. The van der Waals surface area contributed by atoms with E-state index in [-0.39, 0.29) is 0 Å². The van der Waals surface area contributed by atoms with Gasteiger partial charge in [0.1, 0.15) is 5.75 Å². The second-order valence-corrected chi connectivity index (χ2v) is 9.77. The third-order valence-corrected chi connectivity index (χ3v) is 8.56. The lowest BCUT2D eigenvalue weighted by Crippen LogP contribution is -2.41. The first kappa shape index (κ1) is 16.2. The average molecular weight is 340 g/mol. The van der Waals surface area contributed by atoms with Crippen molar-refractivity contribution in [3.05, 3.63) is 28.8 Å². The van der Waals surface area contributed by atoms with Gasteiger partial charge in [-0.2, -0.15) is 0 Å². The van der Waals surface area contributed by atoms with E-state index in [9.17, 15) is 5.11 Å². The van der Waals surface area contributed by atoms with Gasteiger partial charge in [0, 0.05) is 18.2 Å². The number of phenolic OH excluding ortho intramolecular Hbond substituents is 1. The predicted molar refractivity (Wildman–Crippen MR) is 102 cm³/mol. The molecule has 0 bridgehead atoms. The molecule has 3 fully saturated rings. The zero-order valence-electron chi connectivity index (χ0n) is 15.9. The summed E-state index contributed by atoms with van der Waals surface area (Å²) in [4.78, 5) is 0. The van der Waals surface area contributed by atoms with Crippen LogP contribution < -0.4 is 5.32 Å². The lowest BCUT2D eigenvalue weighted by atomic mass is 9.54. The third kappa shape index (κ3) is 2.55. The first-order chi connectivity index (χ1) is 12.1. The van der Waals surface area contributed by atoms with Gasteiger partial charge in [-0.3, -0.25) is 0 Å². The maximum Gasteiger partial charge on any atom is 0.120 e. The van der Waals surface area contributed by atoms with Gasteiger partial charge in [0.15, 0.2) is 0 Å². The number of rotatable bonds is 3. The molecule has 25 heavy (non-hydrogen) atoms. The maximum atomic E-state index is 10.5. The minimum absolute atomic E-state index is 0.514. The molecule has 4 aliphatic carbocycles. The van der Waals surface area contributed by atoms with Crippen molar-refractivity contribution >= 4 is 0 Å². The zero-order chi connectivity index (χ0) is 17.2. The Bertz CT molecular complexity index is 679. The standard InChI is InChI=1S/C23H33NO/c1-14-3-8-21-19-7-4-15-12-22(25)16(13-24-17-5-6-17)11-20(15)18(19)9-10-23(14,21)2/h11-12,14,17-19,21,24-25H,3-10,13H2,1-2H3/t14-,18-,19+,21-,23+/m0/s1. The number of hydrogen-bond acceptors (Lipinski definition) is 2. The van der Waals surface area contributed by atoms with Gasteiger partial charge in [0.25, 0.3) is 0 Å².